The van der Waals surface area contributed by atoms with Crippen LogP contribution in [0.4, 0.5) is 20.2 Å². The normalized spacial score (nSPS) is 11.9. The Morgan fingerprint density at radius 3 is 1.40 bits per heavy atom. The summed E-state index contributed by atoms with van der Waals surface area (Å²) in [7, 11) is -8.42. The van der Waals surface area contributed by atoms with Crippen molar-refractivity contribution in [3.05, 3.63) is 83.4 Å². The molecule has 0 aliphatic rings. The molecule has 0 radical (unpaired) electrons. The van der Waals surface area contributed by atoms with Crippen molar-refractivity contribution in [3.8, 4) is 0 Å². The molecule has 0 unspecified atom stereocenters. The third kappa shape index (κ3) is 4.77. The van der Waals surface area contributed by atoms with Crippen molar-refractivity contribution in [1.82, 2.24) is 0 Å². The Hall–Kier alpha value is -2.98. The monoisotopic (exact) mass is 452 g/mol. The van der Waals surface area contributed by atoms with Crippen molar-refractivity contribution in [2.24, 2.45) is 0 Å². The summed E-state index contributed by atoms with van der Waals surface area (Å²) in [6.45, 7) is 3.03. The van der Waals surface area contributed by atoms with E-state index in [2.05, 4.69) is 9.44 Å². The van der Waals surface area contributed by atoms with Crippen LogP contribution < -0.4 is 9.44 Å². The highest BCUT2D eigenvalue weighted by molar-refractivity contribution is 7.93. The number of nitrogens with one attached hydrogen (secondary N) is 2. The van der Waals surface area contributed by atoms with Crippen LogP contribution in [-0.2, 0) is 20.0 Å². The summed E-state index contributed by atoms with van der Waals surface area (Å²) in [6, 6.07) is 12.2. The number of anilines is 2. The van der Waals surface area contributed by atoms with E-state index in [1.807, 2.05) is 0 Å². The van der Waals surface area contributed by atoms with E-state index in [4.69, 9.17) is 0 Å². The fourth-order valence-electron chi connectivity index (χ4n) is 2.92. The van der Waals surface area contributed by atoms with E-state index < -0.39 is 31.7 Å². The van der Waals surface area contributed by atoms with Gasteiger partial charge in [-0.1, -0.05) is 18.2 Å². The molecule has 0 spiro atoms. The maximum atomic E-state index is 13.4. The predicted molar refractivity (Wildman–Crippen MR) is 110 cm³/mol. The standard InChI is InChI=1S/C20H18F2N2O4S2/c1-13-9-14(2)20(30(27,28)24-18-8-4-6-16(22)11-18)12-19(13)29(25,26)23-17-7-3-5-15(21)10-17/h3-12,23-24H,1-2H3. The van der Waals surface area contributed by atoms with Crippen LogP contribution in [0.25, 0.3) is 0 Å². The highest BCUT2D eigenvalue weighted by Crippen LogP contribution is 2.27. The number of hydrogen-bond acceptors (Lipinski definition) is 4. The molecule has 0 heterocycles. The van der Waals surface area contributed by atoms with Gasteiger partial charge < -0.3 is 0 Å². The van der Waals surface area contributed by atoms with Gasteiger partial charge in [0.05, 0.1) is 21.2 Å². The lowest BCUT2D eigenvalue weighted by Gasteiger charge is -2.15. The van der Waals surface area contributed by atoms with E-state index >= 15 is 0 Å². The van der Waals surface area contributed by atoms with Gasteiger partial charge in [0.25, 0.3) is 20.0 Å². The van der Waals surface area contributed by atoms with Gasteiger partial charge in [-0.2, -0.15) is 0 Å². The minimum absolute atomic E-state index is 0.00253. The van der Waals surface area contributed by atoms with Crippen molar-refractivity contribution >= 4 is 31.4 Å². The lowest BCUT2D eigenvalue weighted by atomic mass is 10.2. The predicted octanol–water partition coefficient (Wildman–Crippen LogP) is 4.18. The fourth-order valence-corrected chi connectivity index (χ4v) is 5.60. The molecule has 0 saturated heterocycles. The van der Waals surface area contributed by atoms with Crippen LogP contribution in [0.5, 0.6) is 0 Å². The maximum Gasteiger partial charge on any atom is 0.262 e. The fraction of sp³-hybridized carbons (Fsp3) is 0.100. The van der Waals surface area contributed by atoms with Crippen LogP contribution in [0.3, 0.4) is 0 Å². The molecule has 0 saturated carbocycles. The van der Waals surface area contributed by atoms with Crippen molar-refractivity contribution in [1.29, 1.82) is 0 Å². The Labute approximate surface area is 173 Å². The molecule has 0 atom stereocenters. The molecular weight excluding hydrogens is 434 g/mol. The zero-order valence-electron chi connectivity index (χ0n) is 16.0. The molecule has 0 fully saturated rings. The van der Waals surface area contributed by atoms with Gasteiger partial charge in [0, 0.05) is 0 Å². The Balaban J connectivity index is 2.03. The quantitative estimate of drug-likeness (QED) is 0.587. The first kappa shape index (κ1) is 21.7. The molecular formula is C20H18F2N2O4S2. The lowest BCUT2D eigenvalue weighted by Crippen LogP contribution is -2.18. The van der Waals surface area contributed by atoms with E-state index in [1.165, 1.54) is 44.2 Å². The van der Waals surface area contributed by atoms with Crippen LogP contribution in [-0.4, -0.2) is 16.8 Å². The second kappa shape index (κ2) is 8.04. The summed E-state index contributed by atoms with van der Waals surface area (Å²) in [6.07, 6.45) is 0. The van der Waals surface area contributed by atoms with Gasteiger partial charge in [-0.3, -0.25) is 9.44 Å². The van der Waals surface area contributed by atoms with E-state index in [-0.39, 0.29) is 21.2 Å². The zero-order valence-corrected chi connectivity index (χ0v) is 17.6. The van der Waals surface area contributed by atoms with Crippen LogP contribution in [0.2, 0.25) is 0 Å². The molecule has 6 nitrogen and oxygen atoms in total. The first-order valence-corrected chi connectivity index (χ1v) is 11.6. The molecule has 30 heavy (non-hydrogen) atoms. The van der Waals surface area contributed by atoms with Crippen LogP contribution in [0.15, 0.2) is 70.5 Å². The van der Waals surface area contributed by atoms with E-state index in [0.29, 0.717) is 11.1 Å². The third-order valence-electron chi connectivity index (χ3n) is 4.21. The Kier molecular flexibility index (Phi) is 5.82. The zero-order chi connectivity index (χ0) is 22.1. The minimum Gasteiger partial charge on any atom is -0.280 e. The molecule has 158 valence electrons. The van der Waals surface area contributed by atoms with E-state index in [9.17, 15) is 25.6 Å². The number of sulfonamides is 2. The molecule has 3 rings (SSSR count). The van der Waals surface area contributed by atoms with Gasteiger partial charge in [0.15, 0.2) is 0 Å². The number of halogens is 2. The Morgan fingerprint density at radius 1 is 0.633 bits per heavy atom. The largest absolute Gasteiger partial charge is 0.280 e. The number of aryl methyl sites for hydroxylation is 2. The van der Waals surface area contributed by atoms with Crippen LogP contribution >= 0.6 is 0 Å². The second-order valence-electron chi connectivity index (χ2n) is 6.61. The summed E-state index contributed by atoms with van der Waals surface area (Å²) in [5.41, 5.74) is 0.608. The van der Waals surface area contributed by atoms with E-state index in [1.54, 1.807) is 0 Å². The van der Waals surface area contributed by atoms with Gasteiger partial charge in [-0.25, -0.2) is 25.6 Å². The van der Waals surface area contributed by atoms with E-state index in [0.717, 1.165) is 30.3 Å². The van der Waals surface area contributed by atoms with Gasteiger partial charge in [0.1, 0.15) is 11.6 Å². The topological polar surface area (TPSA) is 92.3 Å². The Bertz CT molecular complexity index is 1230. The molecule has 10 heteroatoms. The maximum absolute atomic E-state index is 13.4. The molecule has 3 aromatic rings. The molecule has 2 N–H and O–H groups in total. The van der Waals surface area contributed by atoms with Crippen LogP contribution in [0.1, 0.15) is 11.1 Å². The summed E-state index contributed by atoms with van der Waals surface area (Å²) in [5.74, 6) is -1.25. The number of hydrogen-bond donors (Lipinski definition) is 2. The van der Waals surface area contributed by atoms with Crippen molar-refractivity contribution < 1.29 is 25.6 Å². The SMILES string of the molecule is Cc1cc(C)c(S(=O)(=O)Nc2cccc(F)c2)cc1S(=O)(=O)Nc1cccc(F)c1. The van der Waals surface area contributed by atoms with Crippen molar-refractivity contribution in [2.75, 3.05) is 9.44 Å². The smallest absolute Gasteiger partial charge is 0.262 e. The summed E-state index contributed by atoms with van der Waals surface area (Å²) in [4.78, 5) is -0.561. The molecule has 0 aliphatic heterocycles. The van der Waals surface area contributed by atoms with Gasteiger partial charge in [-0.15, -0.1) is 0 Å². The second-order valence-corrected chi connectivity index (χ2v) is 9.92. The first-order valence-electron chi connectivity index (χ1n) is 8.66. The average molecular weight is 453 g/mol. The van der Waals surface area contributed by atoms with Crippen molar-refractivity contribution in [2.45, 2.75) is 23.6 Å². The Morgan fingerprint density at radius 2 is 1.03 bits per heavy atom. The average Bonchev–Trinajstić information content (AvgIpc) is 2.60. The molecule has 3 aromatic carbocycles. The van der Waals surface area contributed by atoms with Gasteiger partial charge in [-0.05, 0) is 67.4 Å². The number of benzene rings is 3. The molecule has 0 bridgehead atoms. The highest BCUT2D eigenvalue weighted by Gasteiger charge is 2.24. The van der Waals surface area contributed by atoms with Gasteiger partial charge >= 0.3 is 0 Å². The molecule has 0 aromatic heterocycles. The molecule has 0 aliphatic carbocycles. The molecule has 0 amide bonds. The van der Waals surface area contributed by atoms with Gasteiger partial charge in [0.2, 0.25) is 0 Å². The third-order valence-corrected chi connectivity index (χ3v) is 7.25. The summed E-state index contributed by atoms with van der Waals surface area (Å²) in [5, 5.41) is 0. The summed E-state index contributed by atoms with van der Waals surface area (Å²) >= 11 is 0. The lowest BCUT2D eigenvalue weighted by molar-refractivity contribution is 0.598. The highest BCUT2D eigenvalue weighted by atomic mass is 32.2. The van der Waals surface area contributed by atoms with Crippen LogP contribution in [0, 0.1) is 25.5 Å². The summed E-state index contributed by atoms with van der Waals surface area (Å²) < 4.78 is 82.6. The first-order chi connectivity index (χ1) is 14.0. The minimum atomic E-state index is -4.21. The van der Waals surface area contributed by atoms with Crippen molar-refractivity contribution in [3.63, 3.8) is 0 Å². The number of rotatable bonds is 6.